The van der Waals surface area contributed by atoms with E-state index in [9.17, 15) is 14.9 Å². The van der Waals surface area contributed by atoms with E-state index in [-0.39, 0.29) is 11.4 Å². The summed E-state index contributed by atoms with van der Waals surface area (Å²) in [4.78, 5) is 22.9. The van der Waals surface area contributed by atoms with Gasteiger partial charge in [-0.1, -0.05) is 54.6 Å². The minimum atomic E-state index is -0.477. The number of hydrazone groups is 1. The summed E-state index contributed by atoms with van der Waals surface area (Å²) in [7, 11) is 0. The van der Waals surface area contributed by atoms with E-state index >= 15 is 0 Å². The molecule has 1 heterocycles. The number of aromatic amines is 1. The van der Waals surface area contributed by atoms with E-state index < -0.39 is 10.8 Å². The molecule has 0 spiro atoms. The largest absolute Gasteiger partial charge is 0.289 e. The number of nitrogens with zero attached hydrogens (tertiary/aromatic N) is 3. The van der Waals surface area contributed by atoms with Crippen LogP contribution < -0.4 is 5.43 Å². The molecule has 1 aromatic heterocycles. The normalized spacial score (nSPS) is 11.4. The number of nitrogens with one attached hydrogen (secondary N) is 2. The second kappa shape index (κ2) is 7.96. The van der Waals surface area contributed by atoms with Crippen LogP contribution in [0.5, 0.6) is 0 Å². The van der Waals surface area contributed by atoms with Gasteiger partial charge in [0.15, 0.2) is 0 Å². The fourth-order valence-electron chi connectivity index (χ4n) is 3.13. The SMILES string of the molecule is CC(=NNC(=O)c1cc(-c2cccc3ccccc23)n[nH]1)c1cccc([N+](=O)[O-])c1. The quantitative estimate of drug-likeness (QED) is 0.296. The van der Waals surface area contributed by atoms with Crippen molar-refractivity contribution in [3.63, 3.8) is 0 Å². The minimum absolute atomic E-state index is 0.0401. The van der Waals surface area contributed by atoms with E-state index in [2.05, 4.69) is 20.7 Å². The van der Waals surface area contributed by atoms with Crippen molar-refractivity contribution < 1.29 is 9.72 Å². The van der Waals surface area contributed by atoms with Crippen molar-refractivity contribution >= 4 is 28.1 Å². The van der Waals surface area contributed by atoms with Crippen molar-refractivity contribution in [1.82, 2.24) is 15.6 Å². The highest BCUT2D eigenvalue weighted by molar-refractivity contribution is 6.01. The molecule has 0 atom stereocenters. The van der Waals surface area contributed by atoms with Gasteiger partial charge < -0.3 is 0 Å². The highest BCUT2D eigenvalue weighted by Gasteiger charge is 2.13. The van der Waals surface area contributed by atoms with Crippen LogP contribution in [0.25, 0.3) is 22.0 Å². The zero-order chi connectivity index (χ0) is 21.1. The first-order valence-electron chi connectivity index (χ1n) is 9.16. The Morgan fingerprint density at radius 2 is 1.83 bits per heavy atom. The lowest BCUT2D eigenvalue weighted by Crippen LogP contribution is -2.19. The lowest BCUT2D eigenvalue weighted by molar-refractivity contribution is -0.384. The van der Waals surface area contributed by atoms with Gasteiger partial charge in [-0.05, 0) is 23.8 Å². The predicted octanol–water partition coefficient (Wildman–Crippen LogP) is 4.29. The maximum atomic E-state index is 12.5. The van der Waals surface area contributed by atoms with E-state index in [0.717, 1.165) is 16.3 Å². The van der Waals surface area contributed by atoms with Crippen molar-refractivity contribution in [1.29, 1.82) is 0 Å². The lowest BCUT2D eigenvalue weighted by Gasteiger charge is -2.03. The number of hydrogen-bond acceptors (Lipinski definition) is 5. The third-order valence-corrected chi connectivity index (χ3v) is 4.69. The van der Waals surface area contributed by atoms with Gasteiger partial charge in [-0.2, -0.15) is 10.2 Å². The number of carbonyl (C=O) groups excluding carboxylic acids is 1. The summed E-state index contributed by atoms with van der Waals surface area (Å²) in [5.41, 5.74) is 5.23. The number of rotatable bonds is 5. The molecule has 30 heavy (non-hydrogen) atoms. The van der Waals surface area contributed by atoms with Crippen LogP contribution in [0, 0.1) is 10.1 Å². The number of nitro groups is 1. The van der Waals surface area contributed by atoms with E-state index in [1.54, 1.807) is 25.1 Å². The maximum Gasteiger partial charge on any atom is 0.289 e. The number of benzene rings is 3. The molecular weight excluding hydrogens is 382 g/mol. The molecule has 4 aromatic rings. The molecule has 0 saturated carbocycles. The van der Waals surface area contributed by atoms with Gasteiger partial charge in [-0.25, -0.2) is 5.43 Å². The maximum absolute atomic E-state index is 12.5. The second-order valence-corrected chi connectivity index (χ2v) is 6.64. The monoisotopic (exact) mass is 399 g/mol. The minimum Gasteiger partial charge on any atom is -0.272 e. The van der Waals surface area contributed by atoms with Gasteiger partial charge >= 0.3 is 0 Å². The van der Waals surface area contributed by atoms with Crippen LogP contribution in [0.3, 0.4) is 0 Å². The Hall–Kier alpha value is -4.33. The summed E-state index contributed by atoms with van der Waals surface area (Å²) in [6, 6.07) is 21.6. The van der Waals surface area contributed by atoms with Crippen LogP contribution in [0.4, 0.5) is 5.69 Å². The fraction of sp³-hybridized carbons (Fsp3) is 0.0455. The average Bonchev–Trinajstić information content (AvgIpc) is 3.27. The molecule has 4 rings (SSSR count). The molecule has 0 bridgehead atoms. The summed E-state index contributed by atoms with van der Waals surface area (Å²) in [5.74, 6) is -0.459. The van der Waals surface area contributed by atoms with E-state index in [1.165, 1.54) is 12.1 Å². The van der Waals surface area contributed by atoms with E-state index in [4.69, 9.17) is 0 Å². The highest BCUT2D eigenvalue weighted by Crippen LogP contribution is 2.27. The van der Waals surface area contributed by atoms with Gasteiger partial charge in [-0.15, -0.1) is 0 Å². The molecule has 8 nitrogen and oxygen atoms in total. The van der Waals surface area contributed by atoms with Crippen molar-refractivity contribution in [3.05, 3.63) is 94.2 Å². The topological polar surface area (TPSA) is 113 Å². The Kier molecular flexibility index (Phi) is 5.04. The standard InChI is InChI=1S/C22H17N5O3/c1-14(16-8-4-9-17(12-16)27(29)30)23-26-22(28)21-13-20(24-25-21)19-11-5-7-15-6-2-3-10-18(15)19/h2-13H,1H3,(H,24,25)(H,26,28). The van der Waals surface area contributed by atoms with Crippen LogP contribution in [0.2, 0.25) is 0 Å². The summed E-state index contributed by atoms with van der Waals surface area (Å²) in [6.07, 6.45) is 0. The second-order valence-electron chi connectivity index (χ2n) is 6.64. The van der Waals surface area contributed by atoms with Crippen molar-refractivity contribution in [3.8, 4) is 11.3 Å². The molecule has 0 fully saturated rings. The molecule has 0 aliphatic heterocycles. The summed E-state index contributed by atoms with van der Waals surface area (Å²) in [5, 5.41) is 24.1. The number of H-pyrrole nitrogens is 1. The predicted molar refractivity (Wildman–Crippen MR) is 114 cm³/mol. The number of carbonyl (C=O) groups is 1. The number of amides is 1. The molecule has 0 unspecified atom stereocenters. The van der Waals surface area contributed by atoms with Gasteiger partial charge in [-0.3, -0.25) is 20.0 Å². The number of fused-ring (bicyclic) bond motifs is 1. The molecule has 0 aliphatic carbocycles. The Bertz CT molecular complexity index is 1290. The van der Waals surface area contributed by atoms with Crippen LogP contribution in [-0.2, 0) is 0 Å². The first kappa shape index (κ1) is 19.0. The number of non-ortho nitro benzene ring substituents is 1. The molecule has 8 heteroatoms. The highest BCUT2D eigenvalue weighted by atomic mass is 16.6. The zero-order valence-electron chi connectivity index (χ0n) is 16.0. The number of nitro benzene ring substituents is 1. The Morgan fingerprint density at radius 1 is 1.07 bits per heavy atom. The van der Waals surface area contributed by atoms with Gasteiger partial charge in [0.2, 0.25) is 0 Å². The molecule has 0 saturated heterocycles. The van der Waals surface area contributed by atoms with Gasteiger partial charge in [0.05, 0.1) is 16.3 Å². The fourth-order valence-corrected chi connectivity index (χ4v) is 3.13. The molecule has 0 radical (unpaired) electrons. The Labute approximate surface area is 171 Å². The number of aromatic nitrogens is 2. The Morgan fingerprint density at radius 3 is 2.67 bits per heavy atom. The molecule has 3 aromatic carbocycles. The number of hydrogen-bond donors (Lipinski definition) is 2. The van der Waals surface area contributed by atoms with Crippen molar-refractivity contribution in [2.24, 2.45) is 5.10 Å². The zero-order valence-corrected chi connectivity index (χ0v) is 16.0. The molecule has 2 N–H and O–H groups in total. The Balaban J connectivity index is 1.54. The molecule has 148 valence electrons. The lowest BCUT2D eigenvalue weighted by atomic mass is 10.0. The average molecular weight is 399 g/mol. The first-order chi connectivity index (χ1) is 14.5. The van der Waals surface area contributed by atoms with Gasteiger partial charge in [0, 0.05) is 23.3 Å². The molecule has 0 aliphatic rings. The first-order valence-corrected chi connectivity index (χ1v) is 9.16. The summed E-state index contributed by atoms with van der Waals surface area (Å²) < 4.78 is 0. The van der Waals surface area contributed by atoms with E-state index in [1.807, 2.05) is 42.5 Å². The van der Waals surface area contributed by atoms with Crippen molar-refractivity contribution in [2.75, 3.05) is 0 Å². The van der Waals surface area contributed by atoms with E-state index in [0.29, 0.717) is 17.0 Å². The third kappa shape index (κ3) is 3.79. The molecule has 1 amide bonds. The molecular formula is C22H17N5O3. The summed E-state index contributed by atoms with van der Waals surface area (Å²) in [6.45, 7) is 1.66. The van der Waals surface area contributed by atoms with Crippen molar-refractivity contribution in [2.45, 2.75) is 6.92 Å². The van der Waals surface area contributed by atoms with Crippen LogP contribution >= 0.6 is 0 Å². The third-order valence-electron chi connectivity index (χ3n) is 4.69. The van der Waals surface area contributed by atoms with Gasteiger partial charge in [0.1, 0.15) is 5.69 Å². The van der Waals surface area contributed by atoms with Gasteiger partial charge in [0.25, 0.3) is 11.6 Å². The smallest absolute Gasteiger partial charge is 0.272 e. The van der Waals surface area contributed by atoms with Crippen LogP contribution in [0.15, 0.2) is 77.9 Å². The van der Waals surface area contributed by atoms with Crippen LogP contribution in [-0.4, -0.2) is 26.7 Å². The van der Waals surface area contributed by atoms with Crippen LogP contribution in [0.1, 0.15) is 23.0 Å². The summed E-state index contributed by atoms with van der Waals surface area (Å²) >= 11 is 0.